The molecule has 6 nitrogen and oxygen atoms in total. The number of carbonyl (C=O) groups excluding carboxylic acids is 1. The molecule has 0 fully saturated rings. The van der Waals surface area contributed by atoms with Crippen LogP contribution < -0.4 is 14.8 Å². The average molecular weight is 472 g/mol. The lowest BCUT2D eigenvalue weighted by atomic mass is 9.98. The second-order valence-corrected chi connectivity index (χ2v) is 8.24. The highest BCUT2D eigenvalue weighted by molar-refractivity contribution is 6.01. The lowest BCUT2D eigenvalue weighted by molar-refractivity contribution is 0.0951. The number of nitrogens with one attached hydrogen (secondary N) is 1. The lowest BCUT2D eigenvalue weighted by Crippen LogP contribution is -2.24. The summed E-state index contributed by atoms with van der Waals surface area (Å²) in [6.45, 7) is 4.33. The van der Waals surface area contributed by atoms with Crippen molar-refractivity contribution >= 4 is 5.91 Å². The van der Waals surface area contributed by atoms with Gasteiger partial charge in [0.1, 0.15) is 0 Å². The van der Waals surface area contributed by atoms with E-state index in [1.165, 1.54) is 12.3 Å². The minimum Gasteiger partial charge on any atom is -0.493 e. The van der Waals surface area contributed by atoms with E-state index < -0.39 is 5.95 Å². The van der Waals surface area contributed by atoms with Crippen molar-refractivity contribution < 1.29 is 18.7 Å². The van der Waals surface area contributed by atoms with Crippen LogP contribution in [0.2, 0.25) is 0 Å². The third kappa shape index (κ3) is 5.46. The summed E-state index contributed by atoms with van der Waals surface area (Å²) in [6.07, 6.45) is 3.09. The van der Waals surface area contributed by atoms with Gasteiger partial charge in [0.2, 0.25) is 5.95 Å². The molecule has 0 atom stereocenters. The molecule has 0 unspecified atom stereocenters. The van der Waals surface area contributed by atoms with Crippen molar-refractivity contribution in [3.05, 3.63) is 95.2 Å². The number of ether oxygens (including phenoxy) is 2. The molecule has 2 aromatic carbocycles. The molecule has 4 rings (SSSR count). The third-order valence-electron chi connectivity index (χ3n) is 5.59. The van der Waals surface area contributed by atoms with Crippen LogP contribution in [-0.2, 0) is 6.54 Å². The quantitative estimate of drug-likeness (QED) is 0.360. The maximum Gasteiger partial charge on any atom is 0.253 e. The van der Waals surface area contributed by atoms with Crippen molar-refractivity contribution in [1.82, 2.24) is 15.3 Å². The van der Waals surface area contributed by atoms with E-state index in [4.69, 9.17) is 9.47 Å². The summed E-state index contributed by atoms with van der Waals surface area (Å²) in [4.78, 5) is 21.7. The molecule has 0 saturated carbocycles. The van der Waals surface area contributed by atoms with Gasteiger partial charge in [0.05, 0.1) is 25.5 Å². The maximum absolute atomic E-state index is 13.4. The summed E-state index contributed by atoms with van der Waals surface area (Å²) >= 11 is 0. The Bertz CT molecular complexity index is 1350. The fraction of sp³-hybridized carbons (Fsp3) is 0.179. The molecule has 1 amide bonds. The monoisotopic (exact) mass is 471 g/mol. The summed E-state index contributed by atoms with van der Waals surface area (Å²) in [5.74, 6) is 0.285. The first-order valence-corrected chi connectivity index (χ1v) is 11.1. The Hall–Kier alpha value is -4.26. The van der Waals surface area contributed by atoms with Crippen molar-refractivity contribution in [3.8, 4) is 33.9 Å². The van der Waals surface area contributed by atoms with Gasteiger partial charge in [0.15, 0.2) is 11.5 Å². The Morgan fingerprint density at radius 2 is 1.54 bits per heavy atom. The van der Waals surface area contributed by atoms with Crippen LogP contribution in [0, 0.1) is 19.8 Å². The Labute approximate surface area is 203 Å². The number of carbonyl (C=O) groups is 1. The van der Waals surface area contributed by atoms with Gasteiger partial charge in [-0.05, 0) is 55.3 Å². The van der Waals surface area contributed by atoms with Gasteiger partial charge in [-0.3, -0.25) is 9.78 Å². The van der Waals surface area contributed by atoms with Crippen LogP contribution in [0.25, 0.3) is 22.4 Å². The van der Waals surface area contributed by atoms with Crippen LogP contribution in [0.1, 0.15) is 27.0 Å². The number of hydrogen-bond donors (Lipinski definition) is 1. The number of benzene rings is 2. The number of rotatable bonds is 7. The standard InChI is InChI=1S/C28H26FN3O3/c1-17-9-18(2)11-21(10-17)22-13-23(27(31-16-22)20-6-8-26(29)30-15-20)28(33)32-14-19-5-7-24(34-3)25(12-19)35-4/h5-13,15-16H,14H2,1-4H3,(H,32,33). The van der Waals surface area contributed by atoms with E-state index in [0.717, 1.165) is 27.8 Å². The van der Waals surface area contributed by atoms with E-state index in [2.05, 4.69) is 33.5 Å². The highest BCUT2D eigenvalue weighted by Gasteiger charge is 2.17. The van der Waals surface area contributed by atoms with Crippen molar-refractivity contribution in [1.29, 1.82) is 0 Å². The number of methoxy groups -OCH3 is 2. The normalized spacial score (nSPS) is 10.7. The van der Waals surface area contributed by atoms with Gasteiger partial charge in [-0.1, -0.05) is 35.4 Å². The first-order chi connectivity index (χ1) is 16.9. The Morgan fingerprint density at radius 1 is 0.829 bits per heavy atom. The van der Waals surface area contributed by atoms with E-state index in [9.17, 15) is 9.18 Å². The van der Waals surface area contributed by atoms with Gasteiger partial charge in [-0.25, -0.2) is 4.98 Å². The molecule has 2 heterocycles. The second-order valence-electron chi connectivity index (χ2n) is 8.24. The predicted octanol–water partition coefficient (Wildman–Crippen LogP) is 5.51. The van der Waals surface area contributed by atoms with E-state index in [0.29, 0.717) is 28.3 Å². The summed E-state index contributed by atoms with van der Waals surface area (Å²) < 4.78 is 24.0. The molecule has 0 bridgehead atoms. The number of amides is 1. The molecule has 1 N–H and O–H groups in total. The van der Waals surface area contributed by atoms with Gasteiger partial charge < -0.3 is 14.8 Å². The first kappa shape index (κ1) is 23.9. The van der Waals surface area contributed by atoms with Gasteiger partial charge in [-0.15, -0.1) is 0 Å². The molecule has 178 valence electrons. The van der Waals surface area contributed by atoms with Gasteiger partial charge >= 0.3 is 0 Å². The minimum absolute atomic E-state index is 0.272. The first-order valence-electron chi connectivity index (χ1n) is 11.1. The molecule has 0 saturated heterocycles. The second kappa shape index (κ2) is 10.3. The number of pyridine rings is 2. The zero-order valence-corrected chi connectivity index (χ0v) is 20.1. The van der Waals surface area contributed by atoms with Crippen LogP contribution in [0.3, 0.4) is 0 Å². The van der Waals surface area contributed by atoms with Crippen LogP contribution in [-0.4, -0.2) is 30.1 Å². The van der Waals surface area contributed by atoms with Crippen molar-refractivity contribution in [2.24, 2.45) is 0 Å². The van der Waals surface area contributed by atoms with Crippen molar-refractivity contribution in [3.63, 3.8) is 0 Å². The Morgan fingerprint density at radius 3 is 2.20 bits per heavy atom. The van der Waals surface area contributed by atoms with Gasteiger partial charge in [-0.2, -0.15) is 4.39 Å². The molecule has 4 aromatic rings. The molecular weight excluding hydrogens is 445 g/mol. The number of aromatic nitrogens is 2. The summed E-state index contributed by atoms with van der Waals surface area (Å²) in [5, 5.41) is 2.96. The van der Waals surface area contributed by atoms with Crippen LogP contribution in [0.5, 0.6) is 11.5 Å². The molecule has 0 spiro atoms. The smallest absolute Gasteiger partial charge is 0.253 e. The largest absolute Gasteiger partial charge is 0.493 e. The summed E-state index contributed by atoms with van der Waals surface area (Å²) in [5.41, 5.74) is 6.21. The van der Waals surface area contributed by atoms with E-state index in [-0.39, 0.29) is 12.5 Å². The fourth-order valence-electron chi connectivity index (χ4n) is 3.95. The van der Waals surface area contributed by atoms with Gasteiger partial charge in [0.25, 0.3) is 5.91 Å². The van der Waals surface area contributed by atoms with Gasteiger partial charge in [0, 0.05) is 30.1 Å². The zero-order valence-electron chi connectivity index (χ0n) is 20.1. The summed E-state index contributed by atoms with van der Waals surface area (Å²) in [6, 6.07) is 16.3. The van der Waals surface area contributed by atoms with E-state index >= 15 is 0 Å². The van der Waals surface area contributed by atoms with Crippen molar-refractivity contribution in [2.75, 3.05) is 14.2 Å². The van der Waals surface area contributed by atoms with E-state index in [1.807, 2.05) is 32.0 Å². The minimum atomic E-state index is -0.597. The van der Waals surface area contributed by atoms with Crippen molar-refractivity contribution in [2.45, 2.75) is 20.4 Å². The number of nitrogens with zero attached hydrogens (tertiary/aromatic N) is 2. The molecule has 0 aliphatic heterocycles. The maximum atomic E-state index is 13.4. The van der Waals surface area contributed by atoms with Crippen LogP contribution in [0.4, 0.5) is 4.39 Å². The molecule has 2 aromatic heterocycles. The average Bonchev–Trinajstić information content (AvgIpc) is 2.86. The topological polar surface area (TPSA) is 73.3 Å². The third-order valence-corrected chi connectivity index (χ3v) is 5.59. The SMILES string of the molecule is COc1ccc(CNC(=O)c2cc(-c3cc(C)cc(C)c3)cnc2-c2ccc(F)nc2)cc1OC. The highest BCUT2D eigenvalue weighted by atomic mass is 19.1. The number of hydrogen-bond acceptors (Lipinski definition) is 5. The molecule has 0 aliphatic carbocycles. The molecule has 35 heavy (non-hydrogen) atoms. The molecular formula is C28H26FN3O3. The fourth-order valence-corrected chi connectivity index (χ4v) is 3.95. The zero-order chi connectivity index (χ0) is 24.9. The molecule has 0 aliphatic rings. The Balaban J connectivity index is 1.69. The van der Waals surface area contributed by atoms with Crippen LogP contribution in [0.15, 0.2) is 67.0 Å². The number of halogens is 1. The Kier molecular flexibility index (Phi) is 7.06. The molecule has 0 radical (unpaired) electrons. The van der Waals surface area contributed by atoms with Crippen LogP contribution >= 0.6 is 0 Å². The predicted molar refractivity (Wildman–Crippen MR) is 133 cm³/mol. The lowest BCUT2D eigenvalue weighted by Gasteiger charge is -2.14. The summed E-state index contributed by atoms with van der Waals surface area (Å²) in [7, 11) is 3.13. The highest BCUT2D eigenvalue weighted by Crippen LogP contribution is 2.29. The molecule has 7 heteroatoms. The van der Waals surface area contributed by atoms with E-state index in [1.54, 1.807) is 32.5 Å². The number of aryl methyl sites for hydroxylation is 2.